The van der Waals surface area contributed by atoms with Crippen LogP contribution in [0.25, 0.3) is 11.1 Å². The summed E-state index contributed by atoms with van der Waals surface area (Å²) >= 11 is 6.04. The Kier molecular flexibility index (Phi) is 5.33. The van der Waals surface area contributed by atoms with Crippen LogP contribution >= 0.6 is 11.6 Å². The Balaban J connectivity index is 1.65. The molecule has 30 heavy (non-hydrogen) atoms. The number of amides is 2. The summed E-state index contributed by atoms with van der Waals surface area (Å²) in [6.45, 7) is 0. The highest BCUT2D eigenvalue weighted by Gasteiger charge is 2.33. The lowest BCUT2D eigenvalue weighted by Gasteiger charge is -2.25. The lowest BCUT2D eigenvalue weighted by Crippen LogP contribution is -2.35. The smallest absolute Gasteiger partial charge is 0.249 e. The number of ether oxygens (including phenoxy) is 2. The summed E-state index contributed by atoms with van der Waals surface area (Å²) in [5.41, 5.74) is 1.98. The molecule has 1 aromatic heterocycles. The number of nitrogens with one attached hydrogen (secondary N) is 2. The summed E-state index contributed by atoms with van der Waals surface area (Å²) in [4.78, 5) is 25.4. The molecule has 1 atom stereocenters. The van der Waals surface area contributed by atoms with Gasteiger partial charge in [0.25, 0.3) is 0 Å². The SMILES string of the molecule is COc1ccc(-c2cnn3c2NC(=O)C[C@H]3C(=O)Nc2cc(Cl)ccc2OC)cc1. The molecule has 0 aliphatic carbocycles. The summed E-state index contributed by atoms with van der Waals surface area (Å²) in [6.07, 6.45) is 1.59. The average molecular weight is 427 g/mol. The molecule has 2 N–H and O–H groups in total. The van der Waals surface area contributed by atoms with E-state index in [0.29, 0.717) is 27.8 Å². The first-order valence-electron chi connectivity index (χ1n) is 9.16. The van der Waals surface area contributed by atoms with E-state index in [4.69, 9.17) is 21.1 Å². The van der Waals surface area contributed by atoms with Gasteiger partial charge in [-0.3, -0.25) is 9.59 Å². The van der Waals surface area contributed by atoms with Crippen LogP contribution in [0, 0.1) is 0 Å². The lowest BCUT2D eigenvalue weighted by molar-refractivity contribution is -0.125. The summed E-state index contributed by atoms with van der Waals surface area (Å²) < 4.78 is 12.0. The number of rotatable bonds is 5. The van der Waals surface area contributed by atoms with Gasteiger partial charge in [-0.05, 0) is 35.9 Å². The van der Waals surface area contributed by atoms with E-state index in [2.05, 4.69) is 15.7 Å². The molecule has 154 valence electrons. The molecule has 0 spiro atoms. The molecule has 0 unspecified atom stereocenters. The molecule has 2 heterocycles. The molecule has 3 aromatic rings. The molecule has 9 heteroatoms. The second kappa shape index (κ2) is 8.08. The Morgan fingerprint density at radius 3 is 2.67 bits per heavy atom. The molecule has 8 nitrogen and oxygen atoms in total. The van der Waals surface area contributed by atoms with Gasteiger partial charge in [-0.1, -0.05) is 23.7 Å². The van der Waals surface area contributed by atoms with E-state index in [1.54, 1.807) is 31.5 Å². The monoisotopic (exact) mass is 426 g/mol. The molecular formula is C21H19ClN4O4. The van der Waals surface area contributed by atoms with Crippen LogP contribution in [0.4, 0.5) is 11.5 Å². The number of carbonyl (C=O) groups is 2. The van der Waals surface area contributed by atoms with Gasteiger partial charge in [0.05, 0.1) is 32.5 Å². The molecule has 0 saturated carbocycles. The van der Waals surface area contributed by atoms with E-state index in [1.807, 2.05) is 24.3 Å². The number of methoxy groups -OCH3 is 2. The Hall–Kier alpha value is -3.52. The molecular weight excluding hydrogens is 408 g/mol. The van der Waals surface area contributed by atoms with E-state index >= 15 is 0 Å². The van der Waals surface area contributed by atoms with Crippen LogP contribution in [-0.4, -0.2) is 35.8 Å². The van der Waals surface area contributed by atoms with Gasteiger partial charge in [0, 0.05) is 10.6 Å². The predicted molar refractivity (Wildman–Crippen MR) is 113 cm³/mol. The fraction of sp³-hybridized carbons (Fsp3) is 0.190. The van der Waals surface area contributed by atoms with E-state index in [1.165, 1.54) is 11.8 Å². The standard InChI is InChI=1S/C21H19ClN4O4/c1-29-14-6-3-12(4-7-14)15-11-23-26-17(10-19(27)25-20(15)26)21(28)24-16-9-13(22)5-8-18(16)30-2/h3-9,11,17H,10H2,1-2H3,(H,24,28)(H,25,27)/t17-/m0/s1. The highest BCUT2D eigenvalue weighted by Crippen LogP contribution is 2.36. The molecule has 0 saturated heterocycles. The highest BCUT2D eigenvalue weighted by atomic mass is 35.5. The van der Waals surface area contributed by atoms with Crippen molar-refractivity contribution in [2.45, 2.75) is 12.5 Å². The zero-order chi connectivity index (χ0) is 21.3. The van der Waals surface area contributed by atoms with Crippen molar-refractivity contribution in [1.82, 2.24) is 9.78 Å². The number of fused-ring (bicyclic) bond motifs is 1. The van der Waals surface area contributed by atoms with Crippen molar-refractivity contribution < 1.29 is 19.1 Å². The van der Waals surface area contributed by atoms with Gasteiger partial charge in [0.1, 0.15) is 23.4 Å². The largest absolute Gasteiger partial charge is 0.497 e. The average Bonchev–Trinajstić information content (AvgIpc) is 3.17. The van der Waals surface area contributed by atoms with Gasteiger partial charge in [-0.2, -0.15) is 5.10 Å². The number of nitrogens with zero attached hydrogens (tertiary/aromatic N) is 2. The Labute approximate surface area is 177 Å². The van der Waals surface area contributed by atoms with Crippen molar-refractivity contribution in [3.63, 3.8) is 0 Å². The third kappa shape index (κ3) is 3.69. The molecule has 2 amide bonds. The van der Waals surface area contributed by atoms with Gasteiger partial charge in [0.15, 0.2) is 0 Å². The number of anilines is 2. The van der Waals surface area contributed by atoms with E-state index in [9.17, 15) is 9.59 Å². The number of carbonyl (C=O) groups excluding carboxylic acids is 2. The van der Waals surface area contributed by atoms with Gasteiger partial charge in [0.2, 0.25) is 11.8 Å². The predicted octanol–water partition coefficient (Wildman–Crippen LogP) is 3.74. The topological polar surface area (TPSA) is 94.5 Å². The fourth-order valence-electron chi connectivity index (χ4n) is 3.35. The van der Waals surface area contributed by atoms with Crippen LogP contribution in [0.3, 0.4) is 0 Å². The zero-order valence-electron chi connectivity index (χ0n) is 16.3. The maximum Gasteiger partial charge on any atom is 0.249 e. The molecule has 1 aliphatic rings. The van der Waals surface area contributed by atoms with Crippen LogP contribution in [-0.2, 0) is 9.59 Å². The summed E-state index contributed by atoms with van der Waals surface area (Å²) in [5, 5.41) is 10.4. The number of halogens is 1. The molecule has 0 bridgehead atoms. The summed E-state index contributed by atoms with van der Waals surface area (Å²) in [7, 11) is 3.09. The number of benzene rings is 2. The van der Waals surface area contributed by atoms with Gasteiger partial charge in [-0.15, -0.1) is 0 Å². The second-order valence-electron chi connectivity index (χ2n) is 6.68. The van der Waals surface area contributed by atoms with Crippen LogP contribution in [0.2, 0.25) is 5.02 Å². The minimum absolute atomic E-state index is 0.0363. The second-order valence-corrected chi connectivity index (χ2v) is 7.12. The summed E-state index contributed by atoms with van der Waals surface area (Å²) in [5.74, 6) is 0.991. The first-order chi connectivity index (χ1) is 14.5. The van der Waals surface area contributed by atoms with Crippen molar-refractivity contribution in [2.75, 3.05) is 24.9 Å². The van der Waals surface area contributed by atoms with Crippen molar-refractivity contribution >= 4 is 34.9 Å². The minimum Gasteiger partial charge on any atom is -0.497 e. The molecule has 0 radical (unpaired) electrons. The Morgan fingerprint density at radius 2 is 1.97 bits per heavy atom. The van der Waals surface area contributed by atoms with Crippen LogP contribution in [0.5, 0.6) is 11.5 Å². The maximum atomic E-state index is 13.0. The van der Waals surface area contributed by atoms with E-state index in [0.717, 1.165) is 11.3 Å². The van der Waals surface area contributed by atoms with E-state index < -0.39 is 11.9 Å². The van der Waals surface area contributed by atoms with E-state index in [-0.39, 0.29) is 12.3 Å². The van der Waals surface area contributed by atoms with Crippen LogP contribution < -0.4 is 20.1 Å². The molecule has 4 rings (SSSR count). The Bertz CT molecular complexity index is 1110. The maximum absolute atomic E-state index is 13.0. The third-order valence-electron chi connectivity index (χ3n) is 4.85. The molecule has 0 fully saturated rings. The zero-order valence-corrected chi connectivity index (χ0v) is 17.1. The van der Waals surface area contributed by atoms with Crippen molar-refractivity contribution in [3.8, 4) is 22.6 Å². The van der Waals surface area contributed by atoms with Gasteiger partial charge < -0.3 is 20.1 Å². The van der Waals surface area contributed by atoms with Gasteiger partial charge in [-0.25, -0.2) is 4.68 Å². The minimum atomic E-state index is -0.815. The lowest BCUT2D eigenvalue weighted by atomic mass is 10.1. The van der Waals surface area contributed by atoms with Crippen molar-refractivity contribution in [1.29, 1.82) is 0 Å². The third-order valence-corrected chi connectivity index (χ3v) is 5.09. The van der Waals surface area contributed by atoms with Gasteiger partial charge >= 0.3 is 0 Å². The molecule has 1 aliphatic heterocycles. The first kappa shape index (κ1) is 19.8. The number of hydrogen-bond donors (Lipinski definition) is 2. The van der Waals surface area contributed by atoms with Crippen molar-refractivity contribution in [3.05, 3.63) is 53.7 Å². The number of aromatic nitrogens is 2. The number of hydrogen-bond acceptors (Lipinski definition) is 5. The fourth-order valence-corrected chi connectivity index (χ4v) is 3.52. The first-order valence-corrected chi connectivity index (χ1v) is 9.54. The highest BCUT2D eigenvalue weighted by molar-refractivity contribution is 6.31. The Morgan fingerprint density at radius 1 is 1.20 bits per heavy atom. The van der Waals surface area contributed by atoms with Crippen LogP contribution in [0.1, 0.15) is 12.5 Å². The quantitative estimate of drug-likeness (QED) is 0.648. The van der Waals surface area contributed by atoms with Crippen molar-refractivity contribution in [2.24, 2.45) is 0 Å². The summed E-state index contributed by atoms with van der Waals surface area (Å²) in [6, 6.07) is 11.5. The molecule has 2 aromatic carbocycles. The normalized spacial score (nSPS) is 15.2. The van der Waals surface area contributed by atoms with Crippen LogP contribution in [0.15, 0.2) is 48.7 Å².